The summed E-state index contributed by atoms with van der Waals surface area (Å²) in [5.41, 5.74) is 1.14. The number of hydrogen-bond donors (Lipinski definition) is 0. The Kier molecular flexibility index (Phi) is 5.01. The van der Waals surface area contributed by atoms with E-state index in [2.05, 4.69) is 41.5 Å². The van der Waals surface area contributed by atoms with Crippen LogP contribution in [-0.4, -0.2) is 5.60 Å². The van der Waals surface area contributed by atoms with Crippen molar-refractivity contribution in [1.29, 1.82) is 0 Å². The highest BCUT2D eigenvalue weighted by molar-refractivity contribution is 5.49. The van der Waals surface area contributed by atoms with Crippen LogP contribution in [0.3, 0.4) is 0 Å². The van der Waals surface area contributed by atoms with E-state index in [1.165, 1.54) is 0 Å². The van der Waals surface area contributed by atoms with E-state index in [0.717, 1.165) is 11.1 Å². The quantitative estimate of drug-likeness (QED) is 0.614. The molecule has 3 heteroatoms. The van der Waals surface area contributed by atoms with Crippen molar-refractivity contribution in [1.82, 2.24) is 0 Å². The van der Waals surface area contributed by atoms with Crippen LogP contribution in [0.25, 0.3) is 0 Å². The first-order valence-electron chi connectivity index (χ1n) is 7.79. The molecule has 0 saturated heterocycles. The van der Waals surface area contributed by atoms with Crippen molar-refractivity contribution >= 4 is 0 Å². The molecule has 22 heavy (non-hydrogen) atoms. The summed E-state index contributed by atoms with van der Waals surface area (Å²) in [5, 5.41) is 0. The first kappa shape index (κ1) is 18.9. The van der Waals surface area contributed by atoms with Crippen molar-refractivity contribution in [2.75, 3.05) is 0 Å². The largest absolute Gasteiger partial charge is 0.488 e. The van der Waals surface area contributed by atoms with Gasteiger partial charge in [0.05, 0.1) is 5.56 Å². The molecule has 0 aromatic heterocycles. The molecule has 1 rings (SSSR count). The van der Waals surface area contributed by atoms with Crippen molar-refractivity contribution in [3.8, 4) is 5.75 Å². The molecule has 0 amide bonds. The average Bonchev–Trinajstić information content (AvgIpc) is 2.22. The monoisotopic (exact) mass is 312 g/mol. The lowest BCUT2D eigenvalue weighted by Gasteiger charge is -2.33. The van der Waals surface area contributed by atoms with E-state index in [9.17, 15) is 8.78 Å². The fourth-order valence-electron chi connectivity index (χ4n) is 2.43. The summed E-state index contributed by atoms with van der Waals surface area (Å²) >= 11 is 0. The minimum absolute atomic E-state index is 0.0205. The molecule has 0 aliphatic rings. The predicted molar refractivity (Wildman–Crippen MR) is 89.2 cm³/mol. The van der Waals surface area contributed by atoms with Gasteiger partial charge in [-0.1, -0.05) is 41.5 Å². The van der Waals surface area contributed by atoms with Gasteiger partial charge in [-0.3, -0.25) is 0 Å². The second-order valence-electron chi connectivity index (χ2n) is 8.95. The molecule has 0 spiro atoms. The predicted octanol–water partition coefficient (Wildman–Crippen LogP) is 6.40. The fraction of sp³-hybridized carbons (Fsp3) is 0.684. The van der Waals surface area contributed by atoms with Crippen LogP contribution in [0.15, 0.2) is 12.1 Å². The van der Waals surface area contributed by atoms with Gasteiger partial charge < -0.3 is 4.74 Å². The maximum absolute atomic E-state index is 13.5. The normalized spacial score (nSPS) is 13.6. The molecule has 1 aromatic rings. The number of benzene rings is 1. The molecule has 0 aliphatic carbocycles. The lowest BCUT2D eigenvalue weighted by atomic mass is 9.74. The first-order valence-corrected chi connectivity index (χ1v) is 7.79. The van der Waals surface area contributed by atoms with Gasteiger partial charge >= 0.3 is 0 Å². The summed E-state index contributed by atoms with van der Waals surface area (Å²) in [4.78, 5) is 0. The van der Waals surface area contributed by atoms with Gasteiger partial charge in [0.25, 0.3) is 6.43 Å². The van der Waals surface area contributed by atoms with Crippen molar-refractivity contribution < 1.29 is 13.5 Å². The number of halogens is 2. The number of ether oxygens (including phenoxy) is 1. The first-order chi connectivity index (χ1) is 9.63. The highest BCUT2D eigenvalue weighted by Gasteiger charge is 2.30. The Labute approximate surface area is 134 Å². The Balaban J connectivity index is 3.66. The van der Waals surface area contributed by atoms with E-state index < -0.39 is 12.0 Å². The zero-order chi connectivity index (χ0) is 17.5. The van der Waals surface area contributed by atoms with Crippen molar-refractivity contribution in [2.45, 2.75) is 85.2 Å². The van der Waals surface area contributed by atoms with Gasteiger partial charge in [-0.15, -0.1) is 0 Å². The molecular weight excluding hydrogens is 282 g/mol. The van der Waals surface area contributed by atoms with E-state index in [0.29, 0.717) is 5.75 Å². The molecule has 0 N–H and O–H groups in total. The fourth-order valence-corrected chi connectivity index (χ4v) is 2.43. The van der Waals surface area contributed by atoms with Crippen LogP contribution >= 0.6 is 0 Å². The molecule has 0 radical (unpaired) electrons. The Hall–Kier alpha value is -1.12. The smallest absolute Gasteiger partial charge is 0.267 e. The van der Waals surface area contributed by atoms with Gasteiger partial charge in [-0.05, 0) is 54.9 Å². The van der Waals surface area contributed by atoms with Gasteiger partial charge in [-0.2, -0.15) is 0 Å². The van der Waals surface area contributed by atoms with Crippen molar-refractivity contribution in [2.24, 2.45) is 0 Å². The minimum Gasteiger partial charge on any atom is -0.488 e. The summed E-state index contributed by atoms with van der Waals surface area (Å²) in [6, 6.07) is 3.44. The maximum Gasteiger partial charge on any atom is 0.267 e. The molecule has 126 valence electrons. The molecule has 0 fully saturated rings. The van der Waals surface area contributed by atoms with E-state index in [1.54, 1.807) is 6.07 Å². The maximum atomic E-state index is 13.5. The van der Waals surface area contributed by atoms with Gasteiger partial charge in [0.15, 0.2) is 0 Å². The third-order valence-corrected chi connectivity index (χ3v) is 3.42. The molecule has 0 saturated carbocycles. The third kappa shape index (κ3) is 4.69. The van der Waals surface area contributed by atoms with Gasteiger partial charge in [0.1, 0.15) is 11.4 Å². The van der Waals surface area contributed by atoms with Crippen LogP contribution in [0.1, 0.15) is 85.4 Å². The number of hydrogen-bond acceptors (Lipinski definition) is 1. The van der Waals surface area contributed by atoms with Crippen LogP contribution in [0, 0.1) is 0 Å². The topological polar surface area (TPSA) is 9.23 Å². The van der Waals surface area contributed by atoms with Crippen molar-refractivity contribution in [3.63, 3.8) is 0 Å². The van der Waals surface area contributed by atoms with E-state index in [-0.39, 0.29) is 16.4 Å². The van der Waals surface area contributed by atoms with Gasteiger partial charge in [0.2, 0.25) is 0 Å². The lowest BCUT2D eigenvalue weighted by Crippen LogP contribution is -2.26. The zero-order valence-corrected chi connectivity index (χ0v) is 15.4. The summed E-state index contributed by atoms with van der Waals surface area (Å²) < 4.78 is 32.9. The second-order valence-corrected chi connectivity index (χ2v) is 8.95. The van der Waals surface area contributed by atoms with Crippen molar-refractivity contribution in [3.05, 3.63) is 28.8 Å². The van der Waals surface area contributed by atoms with Crippen LogP contribution in [0.4, 0.5) is 8.78 Å². The summed E-state index contributed by atoms with van der Waals surface area (Å²) in [5.74, 6) is 0.292. The standard InChI is InChI=1S/C19H30F2O/c1-17(2,3)13-10-12(16(20)21)15(22-19(7,8)9)11-14(13)18(4,5)6/h10-11,16H,1-9H3. The molecule has 0 atom stereocenters. The van der Waals surface area contributed by atoms with Gasteiger partial charge in [0, 0.05) is 0 Å². The Morgan fingerprint density at radius 2 is 1.18 bits per heavy atom. The molecule has 0 heterocycles. The number of alkyl halides is 2. The molecular formula is C19H30F2O. The Morgan fingerprint density at radius 1 is 0.773 bits per heavy atom. The summed E-state index contributed by atoms with van der Waals surface area (Å²) in [6.07, 6.45) is -2.55. The number of rotatable bonds is 2. The van der Waals surface area contributed by atoms with Gasteiger partial charge in [-0.25, -0.2) is 8.78 Å². The summed E-state index contributed by atoms with van der Waals surface area (Å²) in [6.45, 7) is 18.1. The molecule has 0 unspecified atom stereocenters. The van der Waals surface area contributed by atoms with Crippen LogP contribution < -0.4 is 4.74 Å². The zero-order valence-electron chi connectivity index (χ0n) is 15.4. The van der Waals surface area contributed by atoms with E-state index in [4.69, 9.17) is 4.74 Å². The van der Waals surface area contributed by atoms with E-state index >= 15 is 0 Å². The Morgan fingerprint density at radius 3 is 1.50 bits per heavy atom. The second kappa shape index (κ2) is 5.82. The lowest BCUT2D eigenvalue weighted by molar-refractivity contribution is 0.109. The molecule has 1 aromatic carbocycles. The highest BCUT2D eigenvalue weighted by atomic mass is 19.3. The highest BCUT2D eigenvalue weighted by Crippen LogP contribution is 2.41. The van der Waals surface area contributed by atoms with Crippen LogP contribution in [0.5, 0.6) is 5.75 Å². The van der Waals surface area contributed by atoms with Crippen LogP contribution in [0.2, 0.25) is 0 Å². The minimum atomic E-state index is -2.55. The molecule has 1 nitrogen and oxygen atoms in total. The Bertz CT molecular complexity index is 526. The SMILES string of the molecule is CC(C)(C)Oc1cc(C(C)(C)C)c(C(C)(C)C)cc1C(F)F. The summed E-state index contributed by atoms with van der Waals surface area (Å²) in [7, 11) is 0. The third-order valence-electron chi connectivity index (χ3n) is 3.42. The average molecular weight is 312 g/mol. The molecule has 0 bridgehead atoms. The molecule has 0 aliphatic heterocycles. The van der Waals surface area contributed by atoms with E-state index in [1.807, 2.05) is 26.8 Å². The van der Waals surface area contributed by atoms with Crippen LogP contribution in [-0.2, 0) is 10.8 Å².